The minimum absolute atomic E-state index is 0.139. The quantitative estimate of drug-likeness (QED) is 0.431. The monoisotopic (exact) mass is 416 g/mol. The van der Waals surface area contributed by atoms with E-state index in [1.165, 1.54) is 39.7 Å². The first-order valence-electron chi connectivity index (χ1n) is 6.56. The van der Waals surface area contributed by atoms with E-state index in [4.69, 9.17) is 11.6 Å². The molecule has 1 aliphatic carbocycles. The lowest BCUT2D eigenvalue weighted by Crippen LogP contribution is -2.14. The first kappa shape index (κ1) is 15.6. The van der Waals surface area contributed by atoms with E-state index in [0.29, 0.717) is 12.4 Å². The fourth-order valence-corrected chi connectivity index (χ4v) is 3.77. The lowest BCUT2D eigenvalue weighted by molar-refractivity contribution is 0.578. The molecule has 0 aromatic carbocycles. The van der Waals surface area contributed by atoms with Gasteiger partial charge in [0.2, 0.25) is 7.01 Å². The molecule has 0 aliphatic heterocycles. The van der Waals surface area contributed by atoms with Crippen LogP contribution in [0.5, 0.6) is 0 Å². The standard InChI is InChI=1S/C12H18ClIN2O2S/c13-9-12-15-10-5-3-1-2-4-6-11(10)16(12)7-8-19(14,17)18/h1-9H2. The fraction of sp³-hybridized carbons (Fsp3) is 0.750. The van der Waals surface area contributed by atoms with Crippen LogP contribution >= 0.6 is 32.8 Å². The Balaban J connectivity index is 2.28. The molecule has 0 unspecified atom stereocenters. The molecule has 4 nitrogen and oxygen atoms in total. The van der Waals surface area contributed by atoms with Crippen molar-refractivity contribution in [3.63, 3.8) is 0 Å². The molecular formula is C12H18ClIN2O2S. The number of aryl methyl sites for hydroxylation is 1. The summed E-state index contributed by atoms with van der Waals surface area (Å²) in [6, 6.07) is 0. The minimum Gasteiger partial charge on any atom is -0.330 e. The Morgan fingerprint density at radius 2 is 1.89 bits per heavy atom. The van der Waals surface area contributed by atoms with E-state index in [9.17, 15) is 8.42 Å². The zero-order chi connectivity index (χ0) is 13.9. The van der Waals surface area contributed by atoms with Crippen LogP contribution in [0.25, 0.3) is 0 Å². The molecule has 0 fully saturated rings. The average molecular weight is 417 g/mol. The normalized spacial score (nSPS) is 16.7. The summed E-state index contributed by atoms with van der Waals surface area (Å²) in [7, 11) is -2.99. The molecule has 1 aromatic rings. The van der Waals surface area contributed by atoms with E-state index in [0.717, 1.165) is 37.2 Å². The highest BCUT2D eigenvalue weighted by Crippen LogP contribution is 2.22. The second-order valence-electron chi connectivity index (χ2n) is 4.86. The van der Waals surface area contributed by atoms with Gasteiger partial charge in [-0.1, -0.05) is 12.8 Å². The third kappa shape index (κ3) is 4.32. The lowest BCUT2D eigenvalue weighted by atomic mass is 10.0. The molecule has 0 atom stereocenters. The van der Waals surface area contributed by atoms with E-state index in [2.05, 4.69) is 4.98 Å². The van der Waals surface area contributed by atoms with Gasteiger partial charge in [-0.15, -0.1) is 11.6 Å². The number of hydrogen-bond donors (Lipinski definition) is 0. The number of alkyl halides is 1. The number of aromatic nitrogens is 2. The topological polar surface area (TPSA) is 52.0 Å². The Hall–Kier alpha value is 0.180. The van der Waals surface area contributed by atoms with Gasteiger partial charge in [-0.3, -0.25) is 0 Å². The van der Waals surface area contributed by atoms with Gasteiger partial charge in [0.05, 0.1) is 38.5 Å². The van der Waals surface area contributed by atoms with Crippen molar-refractivity contribution in [3.05, 3.63) is 17.2 Å². The van der Waals surface area contributed by atoms with Crippen molar-refractivity contribution in [3.8, 4) is 0 Å². The third-order valence-corrected chi connectivity index (χ3v) is 5.72. The Kier molecular flexibility index (Phi) is 5.54. The molecule has 1 heterocycles. The van der Waals surface area contributed by atoms with Crippen molar-refractivity contribution >= 4 is 39.8 Å². The second-order valence-corrected chi connectivity index (χ2v) is 10.6. The van der Waals surface area contributed by atoms with Gasteiger partial charge in [0, 0.05) is 12.2 Å². The largest absolute Gasteiger partial charge is 0.330 e. The van der Waals surface area contributed by atoms with Crippen LogP contribution in [-0.4, -0.2) is 23.7 Å². The number of halogens is 2. The number of hydrogen-bond acceptors (Lipinski definition) is 3. The molecule has 1 aliphatic rings. The smallest absolute Gasteiger partial charge is 0.204 e. The van der Waals surface area contributed by atoms with E-state index in [1.807, 2.05) is 4.57 Å². The summed E-state index contributed by atoms with van der Waals surface area (Å²) in [4.78, 5) is 4.61. The minimum atomic E-state index is -2.99. The maximum atomic E-state index is 11.3. The maximum absolute atomic E-state index is 11.3. The van der Waals surface area contributed by atoms with Crippen LogP contribution in [0.4, 0.5) is 0 Å². The van der Waals surface area contributed by atoms with Gasteiger partial charge in [-0.05, 0) is 25.7 Å². The molecule has 19 heavy (non-hydrogen) atoms. The molecule has 0 radical (unpaired) electrons. The van der Waals surface area contributed by atoms with Crippen molar-refractivity contribution < 1.29 is 8.42 Å². The zero-order valence-electron chi connectivity index (χ0n) is 10.7. The molecule has 108 valence electrons. The highest BCUT2D eigenvalue weighted by Gasteiger charge is 2.18. The first-order chi connectivity index (χ1) is 9.01. The van der Waals surface area contributed by atoms with Gasteiger partial charge in [0.25, 0.3) is 0 Å². The number of imidazole rings is 1. The summed E-state index contributed by atoms with van der Waals surface area (Å²) in [5, 5.41) is 0. The Labute approximate surface area is 131 Å². The van der Waals surface area contributed by atoms with Gasteiger partial charge < -0.3 is 4.57 Å². The van der Waals surface area contributed by atoms with E-state index < -0.39 is 7.01 Å². The van der Waals surface area contributed by atoms with Crippen molar-refractivity contribution in [2.45, 2.75) is 50.9 Å². The Morgan fingerprint density at radius 1 is 1.21 bits per heavy atom. The van der Waals surface area contributed by atoms with Gasteiger partial charge in [-0.25, -0.2) is 13.4 Å². The van der Waals surface area contributed by atoms with Crippen LogP contribution in [0.2, 0.25) is 0 Å². The Morgan fingerprint density at radius 3 is 2.53 bits per heavy atom. The van der Waals surface area contributed by atoms with Crippen LogP contribution in [0.15, 0.2) is 0 Å². The Bertz CT molecular complexity index is 542. The third-order valence-electron chi connectivity index (χ3n) is 3.49. The predicted octanol–water partition coefficient (Wildman–Crippen LogP) is 3.05. The number of nitrogens with zero attached hydrogens (tertiary/aromatic N) is 2. The van der Waals surface area contributed by atoms with Crippen molar-refractivity contribution in [2.24, 2.45) is 0 Å². The first-order valence-corrected chi connectivity index (χ1v) is 11.3. The average Bonchev–Trinajstić information content (AvgIpc) is 2.62. The maximum Gasteiger partial charge on any atom is 0.204 e. The fourth-order valence-electron chi connectivity index (χ4n) is 2.58. The molecule has 2 rings (SSSR count). The molecule has 0 bridgehead atoms. The van der Waals surface area contributed by atoms with Gasteiger partial charge >= 0.3 is 0 Å². The van der Waals surface area contributed by atoms with E-state index in [-0.39, 0.29) is 5.75 Å². The summed E-state index contributed by atoms with van der Waals surface area (Å²) in [5.41, 5.74) is 2.33. The van der Waals surface area contributed by atoms with Gasteiger partial charge in [-0.2, -0.15) is 0 Å². The van der Waals surface area contributed by atoms with Crippen LogP contribution < -0.4 is 0 Å². The lowest BCUT2D eigenvalue weighted by Gasteiger charge is -2.13. The molecule has 0 spiro atoms. The van der Waals surface area contributed by atoms with Crippen molar-refractivity contribution in [2.75, 3.05) is 5.75 Å². The van der Waals surface area contributed by atoms with E-state index >= 15 is 0 Å². The van der Waals surface area contributed by atoms with E-state index in [1.54, 1.807) is 0 Å². The summed E-state index contributed by atoms with van der Waals surface area (Å²) in [6.07, 6.45) is 6.79. The second kappa shape index (κ2) is 6.76. The number of fused-ring (bicyclic) bond motifs is 1. The summed E-state index contributed by atoms with van der Waals surface area (Å²) in [6.45, 7) is 0.468. The zero-order valence-corrected chi connectivity index (χ0v) is 14.5. The van der Waals surface area contributed by atoms with Gasteiger partial charge in [0.1, 0.15) is 5.82 Å². The van der Waals surface area contributed by atoms with Crippen molar-refractivity contribution in [1.29, 1.82) is 0 Å². The van der Waals surface area contributed by atoms with Crippen LogP contribution in [0.1, 0.15) is 42.9 Å². The van der Waals surface area contributed by atoms with Crippen LogP contribution in [0.3, 0.4) is 0 Å². The van der Waals surface area contributed by atoms with Crippen LogP contribution in [-0.2, 0) is 32.3 Å². The summed E-state index contributed by atoms with van der Waals surface area (Å²) < 4.78 is 24.7. The van der Waals surface area contributed by atoms with Crippen molar-refractivity contribution in [1.82, 2.24) is 9.55 Å². The van der Waals surface area contributed by atoms with Gasteiger partial charge in [0.15, 0.2) is 0 Å². The summed E-state index contributed by atoms with van der Waals surface area (Å²) in [5.74, 6) is 1.29. The SMILES string of the molecule is O=S(=O)(I)CCn1c(CCl)nc2c1CCCCCC2. The molecule has 7 heteroatoms. The number of rotatable bonds is 4. The molecule has 1 aromatic heterocycles. The highest BCUT2D eigenvalue weighted by molar-refractivity contribution is 14.2. The van der Waals surface area contributed by atoms with Crippen LogP contribution in [0, 0.1) is 0 Å². The highest BCUT2D eigenvalue weighted by atomic mass is 127. The molecule has 0 N–H and O–H groups in total. The molecule has 0 amide bonds. The summed E-state index contributed by atoms with van der Waals surface area (Å²) >= 11 is 7.45. The molecule has 0 saturated carbocycles. The molecule has 0 saturated heterocycles. The molecular weight excluding hydrogens is 399 g/mol. The predicted molar refractivity (Wildman–Crippen MR) is 85.5 cm³/mol.